The Labute approximate surface area is 107 Å². The molecule has 18 heavy (non-hydrogen) atoms. The number of hydrogen-bond acceptors (Lipinski definition) is 3. The van der Waals surface area contributed by atoms with Crippen molar-refractivity contribution in [1.82, 2.24) is 9.88 Å². The second-order valence-electron chi connectivity index (χ2n) is 4.47. The molecule has 4 heteroatoms. The van der Waals surface area contributed by atoms with Gasteiger partial charge in [-0.2, -0.15) is 0 Å². The van der Waals surface area contributed by atoms with E-state index in [4.69, 9.17) is 4.74 Å². The Morgan fingerprint density at radius 2 is 2.56 bits per heavy atom. The highest BCUT2D eigenvalue weighted by molar-refractivity contribution is 5.91. The maximum Gasteiger partial charge on any atom is 0.246 e. The number of carbonyl (C=O) groups is 1. The van der Waals surface area contributed by atoms with Crippen molar-refractivity contribution in [3.8, 4) is 0 Å². The van der Waals surface area contributed by atoms with Crippen LogP contribution in [0.5, 0.6) is 0 Å². The summed E-state index contributed by atoms with van der Waals surface area (Å²) in [5.74, 6) is -0.00523. The molecular weight excluding hydrogens is 228 g/mol. The minimum absolute atomic E-state index is 0.00523. The van der Waals surface area contributed by atoms with Crippen molar-refractivity contribution in [2.24, 2.45) is 0 Å². The average molecular weight is 246 g/mol. The second kappa shape index (κ2) is 6.31. The Kier molecular flexibility index (Phi) is 4.47. The summed E-state index contributed by atoms with van der Waals surface area (Å²) in [5.41, 5.74) is 0.927. The Morgan fingerprint density at radius 3 is 3.22 bits per heavy atom. The molecule has 0 spiro atoms. The van der Waals surface area contributed by atoms with Crippen LogP contribution in [0.4, 0.5) is 0 Å². The number of carbonyl (C=O) groups excluding carboxylic acids is 1. The summed E-state index contributed by atoms with van der Waals surface area (Å²) in [5, 5.41) is 0. The van der Waals surface area contributed by atoms with Gasteiger partial charge in [-0.1, -0.05) is 6.07 Å². The lowest BCUT2D eigenvalue weighted by Gasteiger charge is -2.19. The molecule has 0 bridgehead atoms. The number of rotatable bonds is 4. The number of pyridine rings is 1. The molecule has 1 aromatic rings. The van der Waals surface area contributed by atoms with E-state index in [1.54, 1.807) is 36.5 Å². The molecule has 1 atom stereocenters. The predicted octanol–water partition coefficient (Wildman–Crippen LogP) is 1.73. The quantitative estimate of drug-likeness (QED) is 0.760. The van der Waals surface area contributed by atoms with Gasteiger partial charge in [-0.25, -0.2) is 0 Å². The highest BCUT2D eigenvalue weighted by Crippen LogP contribution is 2.12. The van der Waals surface area contributed by atoms with Crippen LogP contribution in [-0.2, 0) is 9.53 Å². The number of hydrogen-bond donors (Lipinski definition) is 0. The summed E-state index contributed by atoms with van der Waals surface area (Å²) in [4.78, 5) is 17.6. The van der Waals surface area contributed by atoms with Crippen molar-refractivity contribution in [1.29, 1.82) is 0 Å². The molecule has 1 aliphatic heterocycles. The summed E-state index contributed by atoms with van der Waals surface area (Å²) in [6, 6.07) is 3.76. The number of likely N-dealkylation sites (N-methyl/N-ethyl adjacent to an activating group) is 1. The van der Waals surface area contributed by atoms with Gasteiger partial charge in [0.15, 0.2) is 0 Å². The van der Waals surface area contributed by atoms with Gasteiger partial charge in [0.2, 0.25) is 5.91 Å². The monoisotopic (exact) mass is 246 g/mol. The summed E-state index contributed by atoms with van der Waals surface area (Å²) in [6.45, 7) is 1.48. The standard InChI is InChI=1S/C14H18N2O2/c1-16(11-13-5-3-9-18-13)14(17)7-6-12-4-2-8-15-10-12/h2,4,6-8,10,13H,3,5,9,11H2,1H3/b7-6-/t13-/m0/s1. The van der Waals surface area contributed by atoms with Crippen molar-refractivity contribution in [3.63, 3.8) is 0 Å². The van der Waals surface area contributed by atoms with E-state index in [1.807, 2.05) is 12.1 Å². The smallest absolute Gasteiger partial charge is 0.246 e. The molecule has 2 rings (SSSR count). The first-order valence-corrected chi connectivity index (χ1v) is 6.20. The first kappa shape index (κ1) is 12.8. The van der Waals surface area contributed by atoms with E-state index in [1.165, 1.54) is 0 Å². The Hall–Kier alpha value is -1.68. The fraction of sp³-hybridized carbons (Fsp3) is 0.429. The molecular formula is C14H18N2O2. The molecule has 0 unspecified atom stereocenters. The highest BCUT2D eigenvalue weighted by Gasteiger charge is 2.18. The molecule has 0 radical (unpaired) electrons. The van der Waals surface area contributed by atoms with Gasteiger partial charge in [-0.3, -0.25) is 9.78 Å². The lowest BCUT2D eigenvalue weighted by molar-refractivity contribution is -0.126. The average Bonchev–Trinajstić information content (AvgIpc) is 2.90. The van der Waals surface area contributed by atoms with Crippen LogP contribution in [0.2, 0.25) is 0 Å². The molecule has 0 saturated carbocycles. The molecule has 0 N–H and O–H groups in total. The summed E-state index contributed by atoms with van der Waals surface area (Å²) < 4.78 is 5.51. The normalized spacial score (nSPS) is 19.3. The number of ether oxygens (including phenoxy) is 1. The van der Waals surface area contributed by atoms with E-state index in [9.17, 15) is 4.79 Å². The molecule has 1 aliphatic rings. The second-order valence-corrected chi connectivity index (χ2v) is 4.47. The maximum absolute atomic E-state index is 11.9. The van der Waals surface area contributed by atoms with E-state index in [0.717, 1.165) is 25.0 Å². The van der Waals surface area contributed by atoms with Crippen LogP contribution in [-0.4, -0.2) is 42.1 Å². The molecule has 0 aliphatic carbocycles. The topological polar surface area (TPSA) is 42.4 Å². The van der Waals surface area contributed by atoms with Crippen LogP contribution < -0.4 is 0 Å². The van der Waals surface area contributed by atoms with E-state index in [-0.39, 0.29) is 12.0 Å². The largest absolute Gasteiger partial charge is 0.376 e. The SMILES string of the molecule is CN(C[C@@H]1CCCO1)C(=O)/C=C\c1cccnc1. The summed E-state index contributed by atoms with van der Waals surface area (Å²) in [6.07, 6.45) is 9.13. The highest BCUT2D eigenvalue weighted by atomic mass is 16.5. The maximum atomic E-state index is 11.9. The van der Waals surface area contributed by atoms with Crippen LogP contribution in [0.25, 0.3) is 6.08 Å². The van der Waals surface area contributed by atoms with E-state index in [0.29, 0.717) is 6.54 Å². The molecule has 4 nitrogen and oxygen atoms in total. The predicted molar refractivity (Wildman–Crippen MR) is 69.9 cm³/mol. The lowest BCUT2D eigenvalue weighted by Crippen LogP contribution is -2.32. The van der Waals surface area contributed by atoms with Gasteiger partial charge >= 0.3 is 0 Å². The van der Waals surface area contributed by atoms with Gasteiger partial charge in [0.1, 0.15) is 0 Å². The van der Waals surface area contributed by atoms with Crippen LogP contribution in [0.1, 0.15) is 18.4 Å². The summed E-state index contributed by atoms with van der Waals surface area (Å²) in [7, 11) is 1.80. The van der Waals surface area contributed by atoms with E-state index in [2.05, 4.69) is 4.98 Å². The molecule has 1 aromatic heterocycles. The van der Waals surface area contributed by atoms with Gasteiger partial charge in [0, 0.05) is 38.7 Å². The molecule has 96 valence electrons. The third-order valence-electron chi connectivity index (χ3n) is 2.98. The van der Waals surface area contributed by atoms with E-state index < -0.39 is 0 Å². The number of nitrogens with zero attached hydrogens (tertiary/aromatic N) is 2. The number of amides is 1. The zero-order valence-electron chi connectivity index (χ0n) is 10.6. The zero-order valence-corrected chi connectivity index (χ0v) is 10.6. The molecule has 1 saturated heterocycles. The first-order valence-electron chi connectivity index (χ1n) is 6.20. The zero-order chi connectivity index (χ0) is 12.8. The molecule has 1 fully saturated rings. The number of aromatic nitrogens is 1. The van der Waals surface area contributed by atoms with E-state index >= 15 is 0 Å². The minimum Gasteiger partial charge on any atom is -0.376 e. The third-order valence-corrected chi connectivity index (χ3v) is 2.98. The lowest BCUT2D eigenvalue weighted by atomic mass is 10.2. The molecule has 2 heterocycles. The van der Waals surface area contributed by atoms with Crippen LogP contribution in [0.15, 0.2) is 30.6 Å². The minimum atomic E-state index is -0.00523. The van der Waals surface area contributed by atoms with Crippen molar-refractivity contribution < 1.29 is 9.53 Å². The van der Waals surface area contributed by atoms with Crippen LogP contribution in [0.3, 0.4) is 0 Å². The Balaban J connectivity index is 1.85. The van der Waals surface area contributed by atoms with Crippen molar-refractivity contribution in [3.05, 3.63) is 36.2 Å². The van der Waals surface area contributed by atoms with Crippen molar-refractivity contribution in [2.45, 2.75) is 18.9 Å². The van der Waals surface area contributed by atoms with Gasteiger partial charge in [0.25, 0.3) is 0 Å². The van der Waals surface area contributed by atoms with Gasteiger partial charge < -0.3 is 9.64 Å². The van der Waals surface area contributed by atoms with Gasteiger partial charge in [-0.05, 0) is 30.5 Å². The van der Waals surface area contributed by atoms with Crippen LogP contribution in [0, 0.1) is 0 Å². The Bertz CT molecular complexity index is 411. The first-order chi connectivity index (χ1) is 8.75. The van der Waals surface area contributed by atoms with Crippen molar-refractivity contribution >= 4 is 12.0 Å². The molecule has 0 aromatic carbocycles. The van der Waals surface area contributed by atoms with Gasteiger partial charge in [0.05, 0.1) is 6.10 Å². The summed E-state index contributed by atoms with van der Waals surface area (Å²) >= 11 is 0. The van der Waals surface area contributed by atoms with Gasteiger partial charge in [-0.15, -0.1) is 0 Å². The van der Waals surface area contributed by atoms with Crippen molar-refractivity contribution in [2.75, 3.05) is 20.2 Å². The fourth-order valence-corrected chi connectivity index (χ4v) is 1.95. The third kappa shape index (κ3) is 3.67. The fourth-order valence-electron chi connectivity index (χ4n) is 1.95. The Morgan fingerprint density at radius 1 is 1.67 bits per heavy atom. The van der Waals surface area contributed by atoms with Crippen LogP contribution >= 0.6 is 0 Å². The molecule has 1 amide bonds.